The summed E-state index contributed by atoms with van der Waals surface area (Å²) in [5, 5.41) is 16.6. The highest BCUT2D eigenvalue weighted by molar-refractivity contribution is 7.09. The number of amides is 2. The highest BCUT2D eigenvalue weighted by Gasteiger charge is 2.09. The third-order valence-electron chi connectivity index (χ3n) is 2.51. The normalized spacial score (nSPS) is 10.1. The number of aromatic carboxylic acids is 1. The molecule has 0 bridgehead atoms. The van der Waals surface area contributed by atoms with E-state index in [1.807, 2.05) is 6.07 Å². The van der Waals surface area contributed by atoms with Crippen LogP contribution in [0.4, 0.5) is 4.79 Å². The van der Waals surface area contributed by atoms with Crippen molar-refractivity contribution in [2.75, 3.05) is 0 Å². The van der Waals surface area contributed by atoms with Crippen LogP contribution in [0.15, 0.2) is 29.6 Å². The Kier molecular flexibility index (Phi) is 5.13. The van der Waals surface area contributed by atoms with Gasteiger partial charge in [-0.3, -0.25) is 0 Å². The summed E-state index contributed by atoms with van der Waals surface area (Å²) in [6.45, 7) is 0.532. The molecule has 0 saturated carbocycles. The summed E-state index contributed by atoms with van der Waals surface area (Å²) < 4.78 is 0. The van der Waals surface area contributed by atoms with Crippen molar-refractivity contribution in [1.82, 2.24) is 15.6 Å². The van der Waals surface area contributed by atoms with E-state index >= 15 is 0 Å². The van der Waals surface area contributed by atoms with Gasteiger partial charge in [0.1, 0.15) is 5.01 Å². The number of nitrogens with one attached hydrogen (secondary N) is 2. The number of carboxylic acid groups (broad SMARTS) is 1. The average Bonchev–Trinajstić information content (AvgIpc) is 2.92. The molecular formula is C13H12ClN3O3S. The number of carbonyl (C=O) groups excluding carboxylic acids is 1. The summed E-state index contributed by atoms with van der Waals surface area (Å²) in [7, 11) is 0. The molecule has 0 saturated heterocycles. The van der Waals surface area contributed by atoms with Gasteiger partial charge >= 0.3 is 12.0 Å². The van der Waals surface area contributed by atoms with E-state index in [1.165, 1.54) is 16.7 Å². The van der Waals surface area contributed by atoms with E-state index in [2.05, 4.69) is 15.6 Å². The molecule has 8 heteroatoms. The zero-order valence-corrected chi connectivity index (χ0v) is 12.4. The van der Waals surface area contributed by atoms with Gasteiger partial charge in [-0.15, -0.1) is 11.3 Å². The second-order valence-electron chi connectivity index (χ2n) is 4.10. The second-order valence-corrected chi connectivity index (χ2v) is 5.48. The van der Waals surface area contributed by atoms with Crippen LogP contribution in [-0.4, -0.2) is 22.1 Å². The standard InChI is InChI=1S/C13H12ClN3O3S/c14-9-3-1-2-8(4-9)5-15-13(20)16-6-11-17-10(7-21-11)12(18)19/h1-4,7H,5-6H2,(H,18,19)(H2,15,16,20). The molecule has 2 aromatic rings. The molecule has 0 radical (unpaired) electrons. The van der Waals surface area contributed by atoms with Crippen molar-refractivity contribution in [2.24, 2.45) is 0 Å². The Morgan fingerprint density at radius 2 is 2.05 bits per heavy atom. The number of thiazole rings is 1. The molecule has 0 aliphatic carbocycles. The lowest BCUT2D eigenvalue weighted by Gasteiger charge is -2.06. The molecule has 0 aliphatic heterocycles. The van der Waals surface area contributed by atoms with Crippen molar-refractivity contribution < 1.29 is 14.7 Å². The fourth-order valence-corrected chi connectivity index (χ4v) is 2.46. The number of benzene rings is 1. The second kappa shape index (κ2) is 7.05. The quantitative estimate of drug-likeness (QED) is 0.787. The zero-order chi connectivity index (χ0) is 15.2. The average molecular weight is 326 g/mol. The highest BCUT2D eigenvalue weighted by Crippen LogP contribution is 2.10. The van der Waals surface area contributed by atoms with Crippen LogP contribution in [0.2, 0.25) is 5.02 Å². The fraction of sp³-hybridized carbons (Fsp3) is 0.154. The van der Waals surface area contributed by atoms with E-state index in [-0.39, 0.29) is 18.3 Å². The van der Waals surface area contributed by atoms with Crippen LogP contribution in [-0.2, 0) is 13.1 Å². The van der Waals surface area contributed by atoms with Gasteiger partial charge in [-0.05, 0) is 17.7 Å². The number of nitrogens with zero attached hydrogens (tertiary/aromatic N) is 1. The molecule has 1 aromatic carbocycles. The molecule has 0 aliphatic rings. The Morgan fingerprint density at radius 1 is 1.29 bits per heavy atom. The van der Waals surface area contributed by atoms with Crippen LogP contribution in [0.3, 0.4) is 0 Å². The number of hydrogen-bond acceptors (Lipinski definition) is 4. The van der Waals surface area contributed by atoms with E-state index < -0.39 is 5.97 Å². The first-order chi connectivity index (χ1) is 10.0. The molecule has 110 valence electrons. The molecule has 2 rings (SSSR count). The van der Waals surface area contributed by atoms with Crippen LogP contribution >= 0.6 is 22.9 Å². The Labute approximate surface area is 129 Å². The van der Waals surface area contributed by atoms with Crippen molar-refractivity contribution in [3.8, 4) is 0 Å². The summed E-state index contributed by atoms with van der Waals surface area (Å²) in [5.41, 5.74) is 0.871. The number of rotatable bonds is 5. The van der Waals surface area contributed by atoms with Crippen molar-refractivity contribution in [3.63, 3.8) is 0 Å². The number of halogens is 1. The number of carbonyl (C=O) groups is 2. The first-order valence-electron chi connectivity index (χ1n) is 5.98. The molecule has 1 heterocycles. The van der Waals surface area contributed by atoms with E-state index in [0.717, 1.165) is 5.56 Å². The van der Waals surface area contributed by atoms with E-state index in [4.69, 9.17) is 16.7 Å². The molecule has 6 nitrogen and oxygen atoms in total. The van der Waals surface area contributed by atoms with Gasteiger partial charge in [-0.25, -0.2) is 14.6 Å². The maximum atomic E-state index is 11.6. The van der Waals surface area contributed by atoms with Crippen LogP contribution in [0.25, 0.3) is 0 Å². The van der Waals surface area contributed by atoms with Gasteiger partial charge in [0, 0.05) is 16.9 Å². The fourth-order valence-electron chi connectivity index (χ4n) is 1.54. The smallest absolute Gasteiger partial charge is 0.355 e. The number of aromatic nitrogens is 1. The molecule has 21 heavy (non-hydrogen) atoms. The van der Waals surface area contributed by atoms with Crippen molar-refractivity contribution in [1.29, 1.82) is 0 Å². The lowest BCUT2D eigenvalue weighted by atomic mass is 10.2. The van der Waals surface area contributed by atoms with Gasteiger partial charge in [0.05, 0.1) is 6.54 Å². The van der Waals surface area contributed by atoms with Gasteiger partial charge in [0.25, 0.3) is 0 Å². The predicted molar refractivity (Wildman–Crippen MR) is 79.6 cm³/mol. The largest absolute Gasteiger partial charge is 0.476 e. The van der Waals surface area contributed by atoms with Gasteiger partial charge in [0.2, 0.25) is 0 Å². The summed E-state index contributed by atoms with van der Waals surface area (Å²) in [6.07, 6.45) is 0. The van der Waals surface area contributed by atoms with Crippen LogP contribution in [0, 0.1) is 0 Å². The Morgan fingerprint density at radius 3 is 2.71 bits per heavy atom. The number of carboxylic acids is 1. The lowest BCUT2D eigenvalue weighted by Crippen LogP contribution is -2.34. The van der Waals surface area contributed by atoms with Gasteiger partial charge in [-0.1, -0.05) is 23.7 Å². The van der Waals surface area contributed by atoms with Crippen molar-refractivity contribution in [3.05, 3.63) is 50.9 Å². The Bertz CT molecular complexity index is 660. The maximum Gasteiger partial charge on any atom is 0.355 e. The SMILES string of the molecule is O=C(NCc1cccc(Cl)c1)NCc1nc(C(=O)O)cs1. The topological polar surface area (TPSA) is 91.3 Å². The summed E-state index contributed by atoms with van der Waals surface area (Å²) in [4.78, 5) is 26.2. The first-order valence-corrected chi connectivity index (χ1v) is 7.24. The molecule has 0 fully saturated rings. The van der Waals surface area contributed by atoms with Crippen molar-refractivity contribution in [2.45, 2.75) is 13.1 Å². The molecule has 0 unspecified atom stereocenters. The number of urea groups is 1. The van der Waals surface area contributed by atoms with Crippen LogP contribution in [0.1, 0.15) is 21.1 Å². The summed E-state index contributed by atoms with van der Waals surface area (Å²) >= 11 is 7.03. The van der Waals surface area contributed by atoms with Gasteiger partial charge in [0.15, 0.2) is 5.69 Å². The maximum absolute atomic E-state index is 11.6. The number of hydrogen-bond donors (Lipinski definition) is 3. The van der Waals surface area contributed by atoms with Gasteiger partial charge in [-0.2, -0.15) is 0 Å². The summed E-state index contributed by atoms with van der Waals surface area (Å²) in [6, 6.07) is 6.82. The minimum atomic E-state index is -1.08. The molecule has 0 spiro atoms. The lowest BCUT2D eigenvalue weighted by molar-refractivity contribution is 0.0691. The minimum Gasteiger partial charge on any atom is -0.476 e. The van der Waals surface area contributed by atoms with E-state index in [0.29, 0.717) is 16.6 Å². The molecule has 0 atom stereocenters. The predicted octanol–water partition coefficient (Wildman–Crippen LogP) is 2.49. The monoisotopic (exact) mass is 325 g/mol. The van der Waals surface area contributed by atoms with Crippen LogP contribution in [0.5, 0.6) is 0 Å². The zero-order valence-electron chi connectivity index (χ0n) is 10.8. The molecule has 3 N–H and O–H groups in total. The van der Waals surface area contributed by atoms with Crippen LogP contribution < -0.4 is 10.6 Å². The van der Waals surface area contributed by atoms with E-state index in [9.17, 15) is 9.59 Å². The van der Waals surface area contributed by atoms with E-state index in [1.54, 1.807) is 18.2 Å². The minimum absolute atomic E-state index is 0.0175. The third-order valence-corrected chi connectivity index (χ3v) is 3.60. The van der Waals surface area contributed by atoms with Crippen molar-refractivity contribution >= 4 is 34.9 Å². The highest BCUT2D eigenvalue weighted by atomic mass is 35.5. The Balaban J connectivity index is 1.78. The molecular weight excluding hydrogens is 314 g/mol. The molecule has 2 amide bonds. The Hall–Kier alpha value is -2.12. The molecule has 1 aromatic heterocycles. The third kappa shape index (κ3) is 4.73. The van der Waals surface area contributed by atoms with Gasteiger partial charge < -0.3 is 15.7 Å². The summed E-state index contributed by atoms with van der Waals surface area (Å²) in [5.74, 6) is -1.08. The first kappa shape index (κ1) is 15.3.